The molecule has 0 aliphatic carbocycles. The molecule has 1 N–H and O–H groups in total. The van der Waals surface area contributed by atoms with Gasteiger partial charge in [-0.1, -0.05) is 43.7 Å². The van der Waals surface area contributed by atoms with Gasteiger partial charge in [-0.25, -0.2) is 9.97 Å². The number of unbranched alkanes of at least 4 members (excludes halogenated alkanes) is 1. The zero-order chi connectivity index (χ0) is 11.9. The molecule has 0 atom stereocenters. The number of anilines is 1. The molecule has 0 saturated heterocycles. The summed E-state index contributed by atoms with van der Waals surface area (Å²) in [5, 5.41) is 3.23. The lowest BCUT2D eigenvalue weighted by Gasteiger charge is -2.05. The summed E-state index contributed by atoms with van der Waals surface area (Å²) >= 11 is 0. The van der Waals surface area contributed by atoms with Crippen molar-refractivity contribution in [1.82, 2.24) is 9.97 Å². The van der Waals surface area contributed by atoms with Gasteiger partial charge in [-0.2, -0.15) is 0 Å². The van der Waals surface area contributed by atoms with E-state index >= 15 is 0 Å². The van der Waals surface area contributed by atoms with E-state index in [0.717, 1.165) is 24.2 Å². The number of rotatable bonds is 5. The molecule has 3 nitrogen and oxygen atoms in total. The zero-order valence-electron chi connectivity index (χ0n) is 10.1. The molecule has 0 aliphatic heterocycles. The number of aromatic nitrogens is 2. The first-order valence-corrected chi connectivity index (χ1v) is 6.02. The van der Waals surface area contributed by atoms with Crippen LogP contribution in [0, 0.1) is 0 Å². The maximum atomic E-state index is 4.49. The van der Waals surface area contributed by atoms with E-state index in [-0.39, 0.29) is 0 Å². The Hall–Kier alpha value is -1.90. The van der Waals surface area contributed by atoms with Crippen LogP contribution < -0.4 is 5.32 Å². The van der Waals surface area contributed by atoms with Crippen molar-refractivity contribution < 1.29 is 0 Å². The third kappa shape index (κ3) is 3.28. The van der Waals surface area contributed by atoms with Crippen molar-refractivity contribution in [1.29, 1.82) is 0 Å². The van der Waals surface area contributed by atoms with Crippen molar-refractivity contribution in [2.45, 2.75) is 19.8 Å². The smallest absolute Gasteiger partial charge is 0.223 e. The Morgan fingerprint density at radius 1 is 1.12 bits per heavy atom. The fourth-order valence-corrected chi connectivity index (χ4v) is 1.59. The molecular weight excluding hydrogens is 210 g/mol. The largest absolute Gasteiger partial charge is 0.354 e. The zero-order valence-corrected chi connectivity index (χ0v) is 10.1. The van der Waals surface area contributed by atoms with Crippen LogP contribution in [0.2, 0.25) is 0 Å². The van der Waals surface area contributed by atoms with Crippen molar-refractivity contribution in [2.24, 2.45) is 0 Å². The minimum Gasteiger partial charge on any atom is -0.354 e. The topological polar surface area (TPSA) is 37.8 Å². The molecule has 1 aromatic carbocycles. The quantitative estimate of drug-likeness (QED) is 0.796. The molecule has 0 spiro atoms. The first-order chi connectivity index (χ1) is 8.40. The molecule has 0 radical (unpaired) electrons. The van der Waals surface area contributed by atoms with Gasteiger partial charge in [0.05, 0.1) is 5.69 Å². The van der Waals surface area contributed by atoms with Crippen LogP contribution in [0.5, 0.6) is 0 Å². The van der Waals surface area contributed by atoms with Gasteiger partial charge >= 0.3 is 0 Å². The van der Waals surface area contributed by atoms with Gasteiger partial charge in [-0.05, 0) is 12.5 Å². The Morgan fingerprint density at radius 3 is 2.71 bits per heavy atom. The van der Waals surface area contributed by atoms with E-state index in [0.29, 0.717) is 5.95 Å². The first kappa shape index (κ1) is 11.6. The van der Waals surface area contributed by atoms with Crippen LogP contribution >= 0.6 is 0 Å². The predicted octanol–water partition coefficient (Wildman–Crippen LogP) is 3.36. The average Bonchev–Trinajstić information content (AvgIpc) is 2.41. The van der Waals surface area contributed by atoms with Gasteiger partial charge in [0.1, 0.15) is 0 Å². The summed E-state index contributed by atoms with van der Waals surface area (Å²) in [5.41, 5.74) is 2.08. The van der Waals surface area contributed by atoms with Crippen molar-refractivity contribution in [3.05, 3.63) is 42.6 Å². The Labute approximate surface area is 102 Å². The molecule has 17 heavy (non-hydrogen) atoms. The lowest BCUT2D eigenvalue weighted by molar-refractivity contribution is 0.826. The van der Waals surface area contributed by atoms with Gasteiger partial charge in [0.2, 0.25) is 5.95 Å². The van der Waals surface area contributed by atoms with E-state index in [4.69, 9.17) is 0 Å². The van der Waals surface area contributed by atoms with E-state index < -0.39 is 0 Å². The van der Waals surface area contributed by atoms with Crippen LogP contribution in [-0.2, 0) is 0 Å². The number of nitrogens with zero attached hydrogens (tertiary/aromatic N) is 2. The summed E-state index contributed by atoms with van der Waals surface area (Å²) in [5.74, 6) is 0.708. The molecule has 0 unspecified atom stereocenters. The maximum absolute atomic E-state index is 4.49. The first-order valence-electron chi connectivity index (χ1n) is 6.02. The van der Waals surface area contributed by atoms with Crippen LogP contribution in [0.3, 0.4) is 0 Å². The number of nitrogens with one attached hydrogen (secondary N) is 1. The van der Waals surface area contributed by atoms with Gasteiger partial charge in [0.25, 0.3) is 0 Å². The molecule has 0 saturated carbocycles. The molecule has 0 aliphatic rings. The second-order valence-electron chi connectivity index (χ2n) is 3.91. The van der Waals surface area contributed by atoms with Gasteiger partial charge in [0, 0.05) is 18.3 Å². The van der Waals surface area contributed by atoms with Gasteiger partial charge < -0.3 is 5.32 Å². The molecule has 2 rings (SSSR count). The highest BCUT2D eigenvalue weighted by atomic mass is 15.1. The van der Waals surface area contributed by atoms with E-state index in [2.05, 4.69) is 34.3 Å². The highest BCUT2D eigenvalue weighted by molar-refractivity contribution is 5.59. The van der Waals surface area contributed by atoms with Gasteiger partial charge in [-0.3, -0.25) is 0 Å². The number of hydrogen-bond acceptors (Lipinski definition) is 3. The minimum absolute atomic E-state index is 0.708. The van der Waals surface area contributed by atoms with Crippen LogP contribution in [0.25, 0.3) is 11.3 Å². The monoisotopic (exact) mass is 227 g/mol. The summed E-state index contributed by atoms with van der Waals surface area (Å²) in [7, 11) is 0. The average molecular weight is 227 g/mol. The van der Waals surface area contributed by atoms with Crippen molar-refractivity contribution in [3.8, 4) is 11.3 Å². The normalized spacial score (nSPS) is 10.2. The van der Waals surface area contributed by atoms with Crippen molar-refractivity contribution in [2.75, 3.05) is 11.9 Å². The third-order valence-electron chi connectivity index (χ3n) is 2.54. The lowest BCUT2D eigenvalue weighted by Crippen LogP contribution is -2.05. The molecule has 1 heterocycles. The Balaban J connectivity index is 2.12. The molecule has 2 aromatic rings. The van der Waals surface area contributed by atoms with Gasteiger partial charge in [-0.15, -0.1) is 0 Å². The Kier molecular flexibility index (Phi) is 4.08. The van der Waals surface area contributed by atoms with E-state index in [9.17, 15) is 0 Å². The van der Waals surface area contributed by atoms with Crippen molar-refractivity contribution in [3.63, 3.8) is 0 Å². The second-order valence-corrected chi connectivity index (χ2v) is 3.91. The predicted molar refractivity (Wildman–Crippen MR) is 70.9 cm³/mol. The molecule has 88 valence electrons. The number of hydrogen-bond donors (Lipinski definition) is 1. The standard InChI is InChI=1S/C14H17N3/c1-2-3-10-15-14-16-11-9-13(17-14)12-7-5-4-6-8-12/h4-9,11H,2-3,10H2,1H3,(H,15,16,17). The summed E-state index contributed by atoms with van der Waals surface area (Å²) in [4.78, 5) is 8.71. The summed E-state index contributed by atoms with van der Waals surface area (Å²) < 4.78 is 0. The summed E-state index contributed by atoms with van der Waals surface area (Å²) in [6.07, 6.45) is 4.11. The molecule has 3 heteroatoms. The highest BCUT2D eigenvalue weighted by Gasteiger charge is 2.00. The Morgan fingerprint density at radius 2 is 1.94 bits per heavy atom. The van der Waals surface area contributed by atoms with Crippen LogP contribution in [-0.4, -0.2) is 16.5 Å². The molecular formula is C14H17N3. The van der Waals surface area contributed by atoms with Crippen molar-refractivity contribution >= 4 is 5.95 Å². The molecule has 0 amide bonds. The van der Waals surface area contributed by atoms with Crippen LogP contribution in [0.1, 0.15) is 19.8 Å². The SMILES string of the molecule is CCCCNc1nccc(-c2ccccc2)n1. The lowest BCUT2D eigenvalue weighted by atomic mass is 10.1. The van der Waals surface area contributed by atoms with Crippen LogP contribution in [0.4, 0.5) is 5.95 Å². The number of benzene rings is 1. The van der Waals surface area contributed by atoms with Gasteiger partial charge in [0.15, 0.2) is 0 Å². The highest BCUT2D eigenvalue weighted by Crippen LogP contribution is 2.16. The van der Waals surface area contributed by atoms with E-state index in [1.54, 1.807) is 6.20 Å². The fraction of sp³-hybridized carbons (Fsp3) is 0.286. The van der Waals surface area contributed by atoms with E-state index in [1.807, 2.05) is 24.3 Å². The van der Waals surface area contributed by atoms with Crippen LogP contribution in [0.15, 0.2) is 42.6 Å². The molecule has 0 bridgehead atoms. The summed E-state index contributed by atoms with van der Waals surface area (Å²) in [6, 6.07) is 12.1. The Bertz CT molecular complexity index is 454. The van der Waals surface area contributed by atoms with E-state index in [1.165, 1.54) is 6.42 Å². The molecule has 1 aromatic heterocycles. The fourth-order valence-electron chi connectivity index (χ4n) is 1.59. The summed E-state index contributed by atoms with van der Waals surface area (Å²) in [6.45, 7) is 3.09. The maximum Gasteiger partial charge on any atom is 0.223 e. The third-order valence-corrected chi connectivity index (χ3v) is 2.54. The second kappa shape index (κ2) is 5.99. The molecule has 0 fully saturated rings. The minimum atomic E-state index is 0.708.